The molecule has 0 unspecified atom stereocenters. The summed E-state index contributed by atoms with van der Waals surface area (Å²) >= 11 is 3.52. The highest BCUT2D eigenvalue weighted by molar-refractivity contribution is 9.10. The van der Waals surface area contributed by atoms with Crippen LogP contribution in [0.15, 0.2) is 46.4 Å². The van der Waals surface area contributed by atoms with Gasteiger partial charge in [0.2, 0.25) is 0 Å². The van der Waals surface area contributed by atoms with E-state index in [1.165, 1.54) is 18.4 Å². The maximum Gasteiger partial charge on any atom is 0.266 e. The minimum Gasteiger partial charge on any atom is -0.493 e. The maximum atomic E-state index is 12.7. The van der Waals surface area contributed by atoms with Crippen LogP contribution in [-0.4, -0.2) is 19.6 Å². The van der Waals surface area contributed by atoms with Crippen molar-refractivity contribution in [2.45, 2.75) is 58.8 Å². The van der Waals surface area contributed by atoms with E-state index in [1.807, 2.05) is 36.4 Å². The number of unbranched alkanes of at least 4 members (excludes halogenated alkanes) is 4. The lowest BCUT2D eigenvalue weighted by atomic mass is 10.1. The fourth-order valence-corrected chi connectivity index (χ4v) is 3.83. The Morgan fingerprint density at radius 2 is 1.85 bits per heavy atom. The molecule has 6 heteroatoms. The number of benzene rings is 2. The Labute approximate surface area is 205 Å². The van der Waals surface area contributed by atoms with Gasteiger partial charge in [-0.1, -0.05) is 51.7 Å². The molecule has 0 aliphatic rings. The number of rotatable bonds is 13. The molecule has 0 atom stereocenters. The van der Waals surface area contributed by atoms with Crippen molar-refractivity contribution in [3.05, 3.63) is 57.6 Å². The molecular weight excluding hydrogens is 480 g/mol. The van der Waals surface area contributed by atoms with Crippen LogP contribution in [0.5, 0.6) is 11.5 Å². The van der Waals surface area contributed by atoms with Crippen molar-refractivity contribution < 1.29 is 14.3 Å². The summed E-state index contributed by atoms with van der Waals surface area (Å²) < 4.78 is 12.1. The zero-order valence-electron chi connectivity index (χ0n) is 19.7. The third-order valence-electron chi connectivity index (χ3n) is 5.22. The van der Waals surface area contributed by atoms with Crippen molar-refractivity contribution in [1.82, 2.24) is 0 Å². The number of halogens is 1. The Hall–Kier alpha value is -2.78. The lowest BCUT2D eigenvalue weighted by molar-refractivity contribution is -0.112. The molecule has 0 bridgehead atoms. The van der Waals surface area contributed by atoms with Crippen LogP contribution >= 0.6 is 15.9 Å². The molecule has 0 spiro atoms. The van der Waals surface area contributed by atoms with Crippen molar-refractivity contribution in [1.29, 1.82) is 5.26 Å². The van der Waals surface area contributed by atoms with Gasteiger partial charge in [-0.05, 0) is 76.7 Å². The van der Waals surface area contributed by atoms with Gasteiger partial charge in [-0.15, -0.1) is 0 Å². The summed E-state index contributed by atoms with van der Waals surface area (Å²) in [7, 11) is 1.58. The van der Waals surface area contributed by atoms with Gasteiger partial charge in [0.25, 0.3) is 5.91 Å². The van der Waals surface area contributed by atoms with Gasteiger partial charge in [0.15, 0.2) is 11.5 Å². The second kappa shape index (κ2) is 14.4. The molecular formula is C27H33BrN2O3. The standard InChI is InChI=1S/C27H33BrN2O3/c1-4-6-8-9-15-33-25-14-12-21(18-26(25)32-3)16-22(19-29)27(31)30-24-13-11-20(10-7-5-2)17-23(24)28/h11-14,16-18H,4-10,15H2,1-3H3,(H,30,31)/b22-16+. The number of hydrogen-bond acceptors (Lipinski definition) is 4. The van der Waals surface area contributed by atoms with Gasteiger partial charge in [-0.25, -0.2) is 0 Å². The Balaban J connectivity index is 2.09. The molecule has 0 aliphatic heterocycles. The zero-order valence-corrected chi connectivity index (χ0v) is 21.3. The Morgan fingerprint density at radius 3 is 2.52 bits per heavy atom. The molecule has 0 aromatic heterocycles. The Morgan fingerprint density at radius 1 is 1.06 bits per heavy atom. The van der Waals surface area contributed by atoms with Crippen LogP contribution in [0.3, 0.4) is 0 Å². The molecule has 0 fully saturated rings. The first-order valence-electron chi connectivity index (χ1n) is 11.5. The van der Waals surface area contributed by atoms with Crippen LogP contribution < -0.4 is 14.8 Å². The van der Waals surface area contributed by atoms with E-state index in [0.29, 0.717) is 29.4 Å². The summed E-state index contributed by atoms with van der Waals surface area (Å²) in [5.41, 5.74) is 2.53. The highest BCUT2D eigenvalue weighted by Crippen LogP contribution is 2.30. The molecule has 0 saturated carbocycles. The lowest BCUT2D eigenvalue weighted by Gasteiger charge is -2.12. The topological polar surface area (TPSA) is 71.3 Å². The zero-order chi connectivity index (χ0) is 24.1. The summed E-state index contributed by atoms with van der Waals surface area (Å²) in [5, 5.41) is 12.4. The van der Waals surface area contributed by atoms with E-state index in [1.54, 1.807) is 19.3 Å². The van der Waals surface area contributed by atoms with E-state index in [4.69, 9.17) is 9.47 Å². The fourth-order valence-electron chi connectivity index (χ4n) is 3.31. The van der Waals surface area contributed by atoms with Gasteiger partial charge in [0, 0.05) is 4.47 Å². The molecule has 5 nitrogen and oxygen atoms in total. The monoisotopic (exact) mass is 512 g/mol. The first-order valence-corrected chi connectivity index (χ1v) is 12.3. The minimum absolute atomic E-state index is 0.00671. The molecule has 0 aliphatic carbocycles. The number of nitrogens with one attached hydrogen (secondary N) is 1. The predicted octanol–water partition coefficient (Wildman–Crippen LogP) is 7.31. The van der Waals surface area contributed by atoms with Crippen molar-refractivity contribution >= 4 is 33.6 Å². The minimum atomic E-state index is -0.463. The third-order valence-corrected chi connectivity index (χ3v) is 5.88. The van der Waals surface area contributed by atoms with Gasteiger partial charge >= 0.3 is 0 Å². The van der Waals surface area contributed by atoms with Crippen LogP contribution in [0.1, 0.15) is 63.5 Å². The van der Waals surface area contributed by atoms with Crippen LogP contribution in [-0.2, 0) is 11.2 Å². The van der Waals surface area contributed by atoms with Crippen LogP contribution in [0, 0.1) is 11.3 Å². The summed E-state index contributed by atoms with van der Waals surface area (Å²) in [6.45, 7) is 4.96. The number of amides is 1. The Kier molecular flexibility index (Phi) is 11.5. The molecule has 0 heterocycles. The van der Waals surface area contributed by atoms with E-state index < -0.39 is 5.91 Å². The van der Waals surface area contributed by atoms with Crippen LogP contribution in [0.2, 0.25) is 0 Å². The molecule has 33 heavy (non-hydrogen) atoms. The molecule has 2 rings (SSSR count). The summed E-state index contributed by atoms with van der Waals surface area (Å²) in [6, 6.07) is 13.2. The van der Waals surface area contributed by atoms with Gasteiger partial charge in [-0.3, -0.25) is 4.79 Å². The summed E-state index contributed by atoms with van der Waals surface area (Å²) in [5.74, 6) is 0.762. The van der Waals surface area contributed by atoms with Gasteiger partial charge in [0.05, 0.1) is 19.4 Å². The quantitative estimate of drug-likeness (QED) is 0.173. The number of carbonyl (C=O) groups excluding carboxylic acids is 1. The highest BCUT2D eigenvalue weighted by atomic mass is 79.9. The number of nitrogens with zero attached hydrogens (tertiary/aromatic N) is 1. The molecule has 2 aromatic carbocycles. The maximum absolute atomic E-state index is 12.7. The van der Waals surface area contributed by atoms with Crippen molar-refractivity contribution in [2.75, 3.05) is 19.0 Å². The first-order chi connectivity index (χ1) is 16.0. The smallest absolute Gasteiger partial charge is 0.266 e. The number of ether oxygens (including phenoxy) is 2. The average molecular weight is 513 g/mol. The van der Waals surface area contributed by atoms with Crippen molar-refractivity contribution in [3.8, 4) is 17.6 Å². The summed E-state index contributed by atoms with van der Waals surface area (Å²) in [6.07, 6.45) is 9.29. The molecule has 1 N–H and O–H groups in total. The number of hydrogen-bond donors (Lipinski definition) is 1. The van der Waals surface area contributed by atoms with Gasteiger partial charge in [-0.2, -0.15) is 5.26 Å². The Bertz CT molecular complexity index is 995. The fraction of sp³-hybridized carbons (Fsp3) is 0.407. The number of anilines is 1. The van der Waals surface area contributed by atoms with Crippen molar-refractivity contribution in [2.24, 2.45) is 0 Å². The largest absolute Gasteiger partial charge is 0.493 e. The van der Waals surface area contributed by atoms with Crippen molar-refractivity contribution in [3.63, 3.8) is 0 Å². The number of methoxy groups -OCH3 is 1. The van der Waals surface area contributed by atoms with E-state index in [9.17, 15) is 10.1 Å². The van der Waals surface area contributed by atoms with Crippen LogP contribution in [0.25, 0.3) is 6.08 Å². The number of aryl methyl sites for hydroxylation is 1. The van der Waals surface area contributed by atoms with E-state index in [2.05, 4.69) is 35.1 Å². The normalized spacial score (nSPS) is 11.1. The SMILES string of the molecule is CCCCCCOc1ccc(/C=C(\C#N)C(=O)Nc2ccc(CCCC)cc2Br)cc1OC. The third kappa shape index (κ3) is 8.58. The molecule has 2 aromatic rings. The lowest BCUT2D eigenvalue weighted by Crippen LogP contribution is -2.14. The highest BCUT2D eigenvalue weighted by Gasteiger charge is 2.13. The van der Waals surface area contributed by atoms with Gasteiger partial charge in [0.1, 0.15) is 11.6 Å². The summed E-state index contributed by atoms with van der Waals surface area (Å²) in [4.78, 5) is 12.7. The van der Waals surface area contributed by atoms with E-state index in [0.717, 1.165) is 36.6 Å². The first kappa shape index (κ1) is 26.5. The van der Waals surface area contributed by atoms with Crippen LogP contribution in [0.4, 0.5) is 5.69 Å². The number of carbonyl (C=O) groups is 1. The second-order valence-corrected chi connectivity index (χ2v) is 8.72. The van der Waals surface area contributed by atoms with Gasteiger partial charge < -0.3 is 14.8 Å². The van der Waals surface area contributed by atoms with E-state index in [-0.39, 0.29) is 5.57 Å². The second-order valence-electron chi connectivity index (χ2n) is 7.86. The molecule has 0 radical (unpaired) electrons. The molecule has 176 valence electrons. The average Bonchev–Trinajstić information content (AvgIpc) is 2.82. The predicted molar refractivity (Wildman–Crippen MR) is 138 cm³/mol. The molecule has 0 saturated heterocycles. The molecule has 1 amide bonds. The van der Waals surface area contributed by atoms with E-state index >= 15 is 0 Å². The number of nitriles is 1.